The molecule has 106 valence electrons. The lowest BCUT2D eigenvalue weighted by Gasteiger charge is -2.20. The number of unbranched alkanes of at least 4 members (excludes halogenated alkanes) is 3. The summed E-state index contributed by atoms with van der Waals surface area (Å²) in [5, 5.41) is 0. The molecule has 0 radical (unpaired) electrons. The zero-order chi connectivity index (χ0) is 13.6. The van der Waals surface area contributed by atoms with Crippen molar-refractivity contribution in [1.82, 2.24) is 0 Å². The van der Waals surface area contributed by atoms with Crippen LogP contribution < -0.4 is 11.5 Å². The first kappa shape index (κ1) is 19.4. The lowest BCUT2D eigenvalue weighted by Crippen LogP contribution is -2.34. The third kappa shape index (κ3) is 18.6. The highest BCUT2D eigenvalue weighted by Crippen LogP contribution is 2.04. The van der Waals surface area contributed by atoms with Crippen LogP contribution in [0.5, 0.6) is 0 Å². The average Bonchev–Trinajstić information content (AvgIpc) is 2.25. The molecule has 0 atom stereocenters. The van der Waals surface area contributed by atoms with Crippen molar-refractivity contribution in [2.24, 2.45) is 11.5 Å². The van der Waals surface area contributed by atoms with Crippen molar-refractivity contribution < 1.29 is 8.85 Å². The van der Waals surface area contributed by atoms with Gasteiger partial charge in [0.15, 0.2) is 0 Å². The highest BCUT2D eigenvalue weighted by molar-refractivity contribution is 6.64. The second-order valence-electron chi connectivity index (χ2n) is 4.26. The van der Waals surface area contributed by atoms with Crippen molar-refractivity contribution in [3.63, 3.8) is 0 Å². The Labute approximate surface area is 108 Å². The molecule has 0 heterocycles. The lowest BCUT2D eigenvalue weighted by atomic mass is 10.2. The van der Waals surface area contributed by atoms with Crippen LogP contribution in [0.2, 0.25) is 13.1 Å². The molecule has 0 unspecified atom stereocenters. The molecule has 0 amide bonds. The first-order valence-electron chi connectivity index (χ1n) is 6.72. The highest BCUT2D eigenvalue weighted by Gasteiger charge is 2.22. The molecule has 0 aliphatic rings. The fourth-order valence-corrected chi connectivity index (χ4v) is 2.85. The Morgan fingerprint density at radius 3 is 1.35 bits per heavy atom. The van der Waals surface area contributed by atoms with E-state index in [1.165, 1.54) is 12.8 Å². The molecular weight excluding hydrogens is 232 g/mol. The smallest absolute Gasteiger partial charge is 0.331 e. The van der Waals surface area contributed by atoms with E-state index >= 15 is 0 Å². The van der Waals surface area contributed by atoms with Gasteiger partial charge in [-0.15, -0.1) is 0 Å². The Hall–Kier alpha value is 0.0569. The van der Waals surface area contributed by atoms with Gasteiger partial charge in [-0.05, 0) is 52.9 Å². The van der Waals surface area contributed by atoms with E-state index in [-0.39, 0.29) is 0 Å². The summed E-state index contributed by atoms with van der Waals surface area (Å²) in [5.41, 5.74) is 10.6. The van der Waals surface area contributed by atoms with Crippen molar-refractivity contribution in [3.8, 4) is 0 Å². The summed E-state index contributed by atoms with van der Waals surface area (Å²) in [7, 11) is -1.70. The van der Waals surface area contributed by atoms with Gasteiger partial charge in [0.25, 0.3) is 0 Å². The van der Waals surface area contributed by atoms with Crippen molar-refractivity contribution in [2.75, 3.05) is 26.3 Å². The van der Waals surface area contributed by atoms with Crippen molar-refractivity contribution in [2.45, 2.75) is 52.6 Å². The summed E-state index contributed by atoms with van der Waals surface area (Å²) >= 11 is 0. The van der Waals surface area contributed by atoms with Crippen LogP contribution in [-0.2, 0) is 8.85 Å². The number of hydrogen-bond donors (Lipinski definition) is 2. The van der Waals surface area contributed by atoms with Crippen LogP contribution in [0.3, 0.4) is 0 Å². The van der Waals surface area contributed by atoms with E-state index in [2.05, 4.69) is 13.1 Å². The van der Waals surface area contributed by atoms with Gasteiger partial charge in [-0.3, -0.25) is 0 Å². The molecule has 0 spiro atoms. The zero-order valence-electron chi connectivity index (χ0n) is 12.1. The third-order valence-corrected chi connectivity index (χ3v) is 4.11. The maximum Gasteiger partial charge on any atom is 0.331 e. The van der Waals surface area contributed by atoms with Gasteiger partial charge < -0.3 is 20.3 Å². The zero-order valence-corrected chi connectivity index (χ0v) is 13.1. The highest BCUT2D eigenvalue weighted by atomic mass is 28.4. The van der Waals surface area contributed by atoms with E-state index in [1.807, 2.05) is 13.8 Å². The summed E-state index contributed by atoms with van der Waals surface area (Å²) in [6.45, 7) is 11.3. The first-order chi connectivity index (χ1) is 8.04. The van der Waals surface area contributed by atoms with E-state index in [4.69, 9.17) is 20.3 Å². The van der Waals surface area contributed by atoms with Gasteiger partial charge in [-0.1, -0.05) is 12.8 Å². The Bertz CT molecular complexity index is 132. The fraction of sp³-hybridized carbons (Fsp3) is 1.00. The Kier molecular flexibility index (Phi) is 16.1. The molecule has 0 rings (SSSR count). The standard InChI is InChI=1S/C6H16N2.C6H16O2Si/c7-5-3-1-2-4-6-8;1-5-7-9(3,4)8-6-2/h1-8H2;5-6H2,1-4H3. The predicted molar refractivity (Wildman–Crippen MR) is 77.3 cm³/mol. The molecule has 0 aliphatic carbocycles. The minimum Gasteiger partial charge on any atom is -0.395 e. The molecule has 0 aromatic heterocycles. The lowest BCUT2D eigenvalue weighted by molar-refractivity contribution is 0.196. The van der Waals surface area contributed by atoms with Gasteiger partial charge >= 0.3 is 8.56 Å². The normalized spacial score (nSPS) is 10.9. The van der Waals surface area contributed by atoms with Crippen LogP contribution in [0.25, 0.3) is 0 Å². The van der Waals surface area contributed by atoms with E-state index in [9.17, 15) is 0 Å². The van der Waals surface area contributed by atoms with Crippen molar-refractivity contribution in [3.05, 3.63) is 0 Å². The molecule has 17 heavy (non-hydrogen) atoms. The molecule has 0 aromatic rings. The summed E-state index contributed by atoms with van der Waals surface area (Å²) in [6.07, 6.45) is 4.79. The van der Waals surface area contributed by atoms with Gasteiger partial charge in [0, 0.05) is 13.2 Å². The number of rotatable bonds is 9. The quantitative estimate of drug-likeness (QED) is 0.495. The van der Waals surface area contributed by atoms with E-state index < -0.39 is 8.56 Å². The number of hydrogen-bond acceptors (Lipinski definition) is 4. The third-order valence-electron chi connectivity index (χ3n) is 2.14. The van der Waals surface area contributed by atoms with E-state index in [1.54, 1.807) is 0 Å². The van der Waals surface area contributed by atoms with Gasteiger partial charge in [-0.25, -0.2) is 0 Å². The molecule has 0 saturated heterocycles. The molecule has 0 aliphatic heterocycles. The van der Waals surface area contributed by atoms with Crippen molar-refractivity contribution >= 4 is 8.56 Å². The molecule has 0 aromatic carbocycles. The fourth-order valence-electron chi connectivity index (χ4n) is 1.38. The first-order valence-corrected chi connectivity index (χ1v) is 9.53. The van der Waals surface area contributed by atoms with Crippen LogP contribution >= 0.6 is 0 Å². The Morgan fingerprint density at radius 2 is 1.12 bits per heavy atom. The maximum absolute atomic E-state index is 5.39. The number of nitrogens with two attached hydrogens (primary N) is 2. The summed E-state index contributed by atoms with van der Waals surface area (Å²) in [6, 6.07) is 0. The van der Waals surface area contributed by atoms with Gasteiger partial charge in [0.05, 0.1) is 0 Å². The largest absolute Gasteiger partial charge is 0.395 e. The van der Waals surface area contributed by atoms with Crippen molar-refractivity contribution in [1.29, 1.82) is 0 Å². The molecule has 0 saturated carbocycles. The summed E-state index contributed by atoms with van der Waals surface area (Å²) in [4.78, 5) is 0. The molecule has 0 fully saturated rings. The predicted octanol–water partition coefficient (Wildman–Crippen LogP) is 2.23. The molecule has 4 N–H and O–H groups in total. The minimum atomic E-state index is -1.70. The van der Waals surface area contributed by atoms with Crippen LogP contribution in [0, 0.1) is 0 Å². The molecule has 0 bridgehead atoms. The van der Waals surface area contributed by atoms with E-state index in [0.717, 1.165) is 39.1 Å². The second kappa shape index (κ2) is 14.1. The van der Waals surface area contributed by atoms with Crippen LogP contribution in [-0.4, -0.2) is 34.9 Å². The van der Waals surface area contributed by atoms with Gasteiger partial charge in [-0.2, -0.15) is 0 Å². The van der Waals surface area contributed by atoms with Crippen LogP contribution in [0.1, 0.15) is 39.5 Å². The summed E-state index contributed by atoms with van der Waals surface area (Å²) < 4.78 is 10.8. The van der Waals surface area contributed by atoms with Gasteiger partial charge in [0.2, 0.25) is 0 Å². The van der Waals surface area contributed by atoms with E-state index in [0.29, 0.717) is 0 Å². The Balaban J connectivity index is 0. The van der Waals surface area contributed by atoms with Gasteiger partial charge in [0.1, 0.15) is 0 Å². The van der Waals surface area contributed by atoms with Crippen LogP contribution in [0.4, 0.5) is 0 Å². The maximum atomic E-state index is 5.39. The second-order valence-corrected chi connectivity index (χ2v) is 7.63. The Morgan fingerprint density at radius 1 is 0.765 bits per heavy atom. The minimum absolute atomic E-state index is 0.763. The topological polar surface area (TPSA) is 70.5 Å². The SMILES string of the molecule is CCO[Si](C)(C)OCC.NCCCCCCN. The monoisotopic (exact) mass is 264 g/mol. The average molecular weight is 264 g/mol. The molecule has 5 heteroatoms. The molecular formula is C12H32N2O2Si. The summed E-state index contributed by atoms with van der Waals surface area (Å²) in [5.74, 6) is 0. The molecule has 4 nitrogen and oxygen atoms in total. The van der Waals surface area contributed by atoms with Crippen LogP contribution in [0.15, 0.2) is 0 Å².